The number of nitrogen functional groups attached to an aromatic ring is 1. The number of thioether (sulfide) groups is 1. The van der Waals surface area contributed by atoms with Crippen LogP contribution in [-0.4, -0.2) is 58.0 Å². The van der Waals surface area contributed by atoms with Gasteiger partial charge in [0.25, 0.3) is 5.56 Å². The lowest BCUT2D eigenvalue weighted by molar-refractivity contribution is -0.131. The number of nitrogens with one attached hydrogen (secondary N) is 1. The molecule has 3 N–H and O–H groups in total. The van der Waals surface area contributed by atoms with Crippen molar-refractivity contribution in [1.82, 2.24) is 19.8 Å². The van der Waals surface area contributed by atoms with Crippen LogP contribution in [0.1, 0.15) is 81.9 Å². The number of benzene rings is 1. The van der Waals surface area contributed by atoms with Crippen molar-refractivity contribution in [3.05, 3.63) is 45.9 Å². The molecule has 1 aliphatic heterocycles. The Morgan fingerprint density at radius 2 is 1.95 bits per heavy atom. The molecule has 5 rings (SSSR count). The Morgan fingerprint density at radius 1 is 1.10 bits per heavy atom. The van der Waals surface area contributed by atoms with Gasteiger partial charge in [0.2, 0.25) is 5.91 Å². The maximum absolute atomic E-state index is 13.8. The summed E-state index contributed by atoms with van der Waals surface area (Å²) in [5.74, 6) is 0.0316. The van der Waals surface area contributed by atoms with Crippen molar-refractivity contribution in [1.29, 1.82) is 0 Å². The van der Waals surface area contributed by atoms with E-state index < -0.39 is 0 Å². The number of aromatic nitrogens is 2. The highest BCUT2D eigenvalue weighted by Gasteiger charge is 2.28. The summed E-state index contributed by atoms with van der Waals surface area (Å²) in [6, 6.07) is 7.39. The van der Waals surface area contributed by atoms with E-state index in [0.29, 0.717) is 48.7 Å². The molecule has 1 aromatic carbocycles. The standard InChI is InChI=1S/C30H43N5O3S/c31-22-9-7-10-23(19-22)35-29(37)26-21-34(17-15-27(26)33-30(35)39-25-13-8-14-25)28(36)20-32-16-5-2-6-18-38-24-11-3-1-4-12-24/h7,9-10,19,24-25,32H,1-6,8,11-18,20-21,31H2. The monoisotopic (exact) mass is 553 g/mol. The minimum atomic E-state index is -0.0895. The Hall–Kier alpha value is -2.36. The van der Waals surface area contributed by atoms with Gasteiger partial charge in [-0.15, -0.1) is 0 Å². The molecule has 0 spiro atoms. The number of rotatable bonds is 12. The number of amides is 1. The number of unbranched alkanes of at least 4 members (excludes halogenated alkanes) is 2. The molecule has 0 radical (unpaired) electrons. The second-order valence-electron chi connectivity index (χ2n) is 11.2. The van der Waals surface area contributed by atoms with Gasteiger partial charge in [0.05, 0.1) is 36.1 Å². The minimum absolute atomic E-state index is 0.0316. The van der Waals surface area contributed by atoms with E-state index in [9.17, 15) is 9.59 Å². The average Bonchev–Trinajstić information content (AvgIpc) is 2.92. The van der Waals surface area contributed by atoms with E-state index in [2.05, 4.69) is 5.32 Å². The number of hydrogen-bond donors (Lipinski definition) is 2. The van der Waals surface area contributed by atoms with Crippen LogP contribution >= 0.6 is 11.8 Å². The summed E-state index contributed by atoms with van der Waals surface area (Å²) in [6.45, 7) is 2.84. The van der Waals surface area contributed by atoms with Gasteiger partial charge in [0, 0.05) is 30.5 Å². The molecule has 2 aromatic rings. The summed E-state index contributed by atoms with van der Waals surface area (Å²) in [4.78, 5) is 33.5. The Balaban J connectivity index is 1.13. The molecule has 0 saturated heterocycles. The number of hydrogen-bond acceptors (Lipinski definition) is 7. The van der Waals surface area contributed by atoms with Gasteiger partial charge >= 0.3 is 0 Å². The van der Waals surface area contributed by atoms with E-state index in [4.69, 9.17) is 15.5 Å². The first-order valence-electron chi connectivity index (χ1n) is 14.9. The van der Waals surface area contributed by atoms with Gasteiger partial charge in [-0.25, -0.2) is 4.98 Å². The van der Waals surface area contributed by atoms with Gasteiger partial charge in [-0.3, -0.25) is 14.2 Å². The number of ether oxygens (including phenoxy) is 1. The zero-order valence-electron chi connectivity index (χ0n) is 23.0. The van der Waals surface area contributed by atoms with Crippen LogP contribution in [0.4, 0.5) is 5.69 Å². The normalized spacial score (nSPS) is 18.1. The first-order chi connectivity index (χ1) is 19.1. The molecule has 0 bridgehead atoms. The van der Waals surface area contributed by atoms with E-state index in [0.717, 1.165) is 61.8 Å². The molecule has 2 heterocycles. The average molecular weight is 554 g/mol. The second-order valence-corrected chi connectivity index (χ2v) is 12.4. The van der Waals surface area contributed by atoms with Crippen LogP contribution in [0.25, 0.3) is 5.69 Å². The van der Waals surface area contributed by atoms with Crippen molar-refractivity contribution in [2.24, 2.45) is 0 Å². The molecule has 2 aliphatic carbocycles. The van der Waals surface area contributed by atoms with E-state index in [-0.39, 0.29) is 11.5 Å². The van der Waals surface area contributed by atoms with Gasteiger partial charge in [-0.2, -0.15) is 0 Å². The van der Waals surface area contributed by atoms with Crippen LogP contribution in [-0.2, 0) is 22.5 Å². The topological polar surface area (TPSA) is 102 Å². The van der Waals surface area contributed by atoms with Crippen LogP contribution in [0.3, 0.4) is 0 Å². The molecule has 0 unspecified atom stereocenters. The highest BCUT2D eigenvalue weighted by molar-refractivity contribution is 7.99. The quantitative estimate of drug-likeness (QED) is 0.227. The molecule has 2 saturated carbocycles. The summed E-state index contributed by atoms with van der Waals surface area (Å²) in [5.41, 5.74) is 8.74. The van der Waals surface area contributed by atoms with Gasteiger partial charge in [-0.05, 0) is 69.7 Å². The second kappa shape index (κ2) is 13.8. The first kappa shape index (κ1) is 28.2. The molecule has 1 amide bonds. The molecule has 8 nitrogen and oxygen atoms in total. The van der Waals surface area contributed by atoms with E-state index >= 15 is 0 Å². The predicted octanol–water partition coefficient (Wildman–Crippen LogP) is 4.45. The number of carbonyl (C=O) groups is 1. The van der Waals surface area contributed by atoms with Crippen molar-refractivity contribution < 1.29 is 9.53 Å². The van der Waals surface area contributed by atoms with Crippen LogP contribution in [0.15, 0.2) is 34.2 Å². The lowest BCUT2D eigenvalue weighted by atomic mass is 9.98. The number of carbonyl (C=O) groups excluding carboxylic acids is 1. The summed E-state index contributed by atoms with van der Waals surface area (Å²) in [5, 5.41) is 4.54. The highest BCUT2D eigenvalue weighted by atomic mass is 32.2. The number of fused-ring (bicyclic) bond motifs is 1. The fourth-order valence-electron chi connectivity index (χ4n) is 5.59. The molecule has 1 aromatic heterocycles. The molecule has 39 heavy (non-hydrogen) atoms. The molecular formula is C30H43N5O3S. The van der Waals surface area contributed by atoms with Crippen LogP contribution in [0.5, 0.6) is 0 Å². The van der Waals surface area contributed by atoms with E-state index in [1.54, 1.807) is 21.2 Å². The predicted molar refractivity (Wildman–Crippen MR) is 156 cm³/mol. The maximum Gasteiger partial charge on any atom is 0.264 e. The van der Waals surface area contributed by atoms with Crippen molar-refractivity contribution in [3.63, 3.8) is 0 Å². The van der Waals surface area contributed by atoms with Gasteiger partial charge < -0.3 is 20.7 Å². The van der Waals surface area contributed by atoms with Gasteiger partial charge in [0.15, 0.2) is 5.16 Å². The fraction of sp³-hybridized carbons (Fsp3) is 0.633. The zero-order chi connectivity index (χ0) is 27.0. The van der Waals surface area contributed by atoms with Gasteiger partial charge in [0.1, 0.15) is 0 Å². The van der Waals surface area contributed by atoms with E-state index in [1.807, 2.05) is 24.3 Å². The summed E-state index contributed by atoms with van der Waals surface area (Å²) in [7, 11) is 0. The minimum Gasteiger partial charge on any atom is -0.399 e. The molecule has 212 valence electrons. The third-order valence-corrected chi connectivity index (χ3v) is 9.47. The Bertz CT molecular complexity index is 1180. The third kappa shape index (κ3) is 7.44. The number of nitrogens with zero attached hydrogens (tertiary/aromatic N) is 3. The van der Waals surface area contributed by atoms with Crippen molar-refractivity contribution in [3.8, 4) is 5.69 Å². The molecular weight excluding hydrogens is 510 g/mol. The molecule has 2 fully saturated rings. The Labute approximate surface area is 236 Å². The number of nitrogens with two attached hydrogens (primary N) is 1. The van der Waals surface area contributed by atoms with Crippen molar-refractivity contribution in [2.45, 2.75) is 100 Å². The van der Waals surface area contributed by atoms with Crippen LogP contribution in [0, 0.1) is 0 Å². The highest BCUT2D eigenvalue weighted by Crippen LogP contribution is 2.36. The fourth-order valence-corrected chi connectivity index (χ4v) is 6.92. The molecule has 9 heteroatoms. The summed E-state index contributed by atoms with van der Waals surface area (Å²) in [6.07, 6.45) is 14.2. The SMILES string of the molecule is Nc1cccc(-n2c(SC3CCC3)nc3c(c2=O)CN(C(=O)CNCCCCCOC2CCCCC2)CC3)c1. The first-order valence-corrected chi connectivity index (χ1v) is 15.7. The largest absolute Gasteiger partial charge is 0.399 e. The number of anilines is 1. The van der Waals surface area contributed by atoms with Gasteiger partial charge in [-0.1, -0.05) is 43.5 Å². The smallest absolute Gasteiger partial charge is 0.264 e. The zero-order valence-corrected chi connectivity index (χ0v) is 23.9. The maximum atomic E-state index is 13.8. The molecule has 0 atom stereocenters. The Morgan fingerprint density at radius 3 is 2.72 bits per heavy atom. The third-order valence-electron chi connectivity index (χ3n) is 8.18. The summed E-state index contributed by atoms with van der Waals surface area (Å²) < 4.78 is 7.70. The van der Waals surface area contributed by atoms with E-state index in [1.165, 1.54) is 38.5 Å². The lowest BCUT2D eigenvalue weighted by Crippen LogP contribution is -2.44. The van der Waals surface area contributed by atoms with Crippen LogP contribution in [0.2, 0.25) is 0 Å². The summed E-state index contributed by atoms with van der Waals surface area (Å²) >= 11 is 1.69. The Kier molecular flexibility index (Phi) is 9.98. The molecule has 3 aliphatic rings. The van der Waals surface area contributed by atoms with Crippen molar-refractivity contribution >= 4 is 23.4 Å². The van der Waals surface area contributed by atoms with Crippen LogP contribution < -0.4 is 16.6 Å². The van der Waals surface area contributed by atoms with Crippen molar-refractivity contribution in [2.75, 3.05) is 32.0 Å². The lowest BCUT2D eigenvalue weighted by Gasteiger charge is -2.30.